The number of nitrogens with two attached hydrogens (primary N) is 1. The molecule has 0 saturated carbocycles. The van der Waals surface area contributed by atoms with Gasteiger partial charge in [0, 0.05) is 6.04 Å². The van der Waals surface area contributed by atoms with Crippen molar-refractivity contribution in [3.63, 3.8) is 0 Å². The maximum Gasteiger partial charge on any atom is 0.408 e. The molecule has 1 aromatic carbocycles. The molecule has 1 aromatic rings. The van der Waals surface area contributed by atoms with Crippen molar-refractivity contribution in [2.24, 2.45) is 5.73 Å². The number of carbonyl (C=O) groups is 2. The van der Waals surface area contributed by atoms with Crippen molar-refractivity contribution in [3.8, 4) is 0 Å². The van der Waals surface area contributed by atoms with Gasteiger partial charge in [-0.2, -0.15) is 0 Å². The van der Waals surface area contributed by atoms with Gasteiger partial charge in [-0.25, -0.2) is 9.59 Å². The van der Waals surface area contributed by atoms with Crippen molar-refractivity contribution < 1.29 is 19.1 Å². The number of alkyl carbamates (subject to hydrolysis) is 1. The van der Waals surface area contributed by atoms with Crippen LogP contribution in [-0.2, 0) is 20.9 Å². The van der Waals surface area contributed by atoms with Gasteiger partial charge < -0.3 is 20.5 Å². The van der Waals surface area contributed by atoms with E-state index in [9.17, 15) is 9.59 Å². The van der Waals surface area contributed by atoms with E-state index in [0.29, 0.717) is 0 Å². The maximum absolute atomic E-state index is 12.1. The molecular weight excluding hydrogens is 284 g/mol. The fraction of sp³-hybridized carbons (Fsp3) is 0.500. The molecule has 1 amide bonds. The maximum atomic E-state index is 12.1. The Morgan fingerprint density at radius 3 is 2.32 bits per heavy atom. The second kappa shape index (κ2) is 7.79. The van der Waals surface area contributed by atoms with E-state index >= 15 is 0 Å². The van der Waals surface area contributed by atoms with Crippen molar-refractivity contribution in [2.75, 3.05) is 0 Å². The summed E-state index contributed by atoms with van der Waals surface area (Å²) < 4.78 is 10.3. The fourth-order valence-electron chi connectivity index (χ4n) is 1.66. The summed E-state index contributed by atoms with van der Waals surface area (Å²) >= 11 is 0. The molecule has 22 heavy (non-hydrogen) atoms. The van der Waals surface area contributed by atoms with Gasteiger partial charge in [-0.1, -0.05) is 30.3 Å². The van der Waals surface area contributed by atoms with Crippen LogP contribution >= 0.6 is 0 Å². The van der Waals surface area contributed by atoms with Crippen LogP contribution in [0.2, 0.25) is 0 Å². The minimum atomic E-state index is -0.960. The summed E-state index contributed by atoms with van der Waals surface area (Å²) in [4.78, 5) is 23.8. The van der Waals surface area contributed by atoms with E-state index in [1.54, 1.807) is 27.7 Å². The van der Waals surface area contributed by atoms with Crippen LogP contribution in [0.4, 0.5) is 4.79 Å². The Balaban J connectivity index is 2.58. The first-order valence-corrected chi connectivity index (χ1v) is 7.14. The molecule has 0 heterocycles. The van der Waals surface area contributed by atoms with Crippen LogP contribution in [0.15, 0.2) is 30.3 Å². The molecule has 1 rings (SSSR count). The zero-order valence-corrected chi connectivity index (χ0v) is 13.5. The Kier molecular flexibility index (Phi) is 6.37. The van der Waals surface area contributed by atoms with Crippen LogP contribution in [0, 0.1) is 0 Å². The fourth-order valence-corrected chi connectivity index (χ4v) is 1.66. The minimum Gasteiger partial charge on any atom is -0.459 e. The lowest BCUT2D eigenvalue weighted by Crippen LogP contribution is -2.52. The summed E-state index contributed by atoms with van der Waals surface area (Å²) in [6.45, 7) is 6.95. The van der Waals surface area contributed by atoms with Gasteiger partial charge in [0.15, 0.2) is 0 Å². The number of hydrogen-bond acceptors (Lipinski definition) is 5. The van der Waals surface area contributed by atoms with Gasteiger partial charge in [0.05, 0.1) is 0 Å². The van der Waals surface area contributed by atoms with Gasteiger partial charge in [-0.15, -0.1) is 0 Å². The molecule has 6 nitrogen and oxygen atoms in total. The zero-order valence-electron chi connectivity index (χ0n) is 13.5. The molecule has 0 aromatic heterocycles. The van der Waals surface area contributed by atoms with Crippen molar-refractivity contribution in [1.29, 1.82) is 0 Å². The van der Waals surface area contributed by atoms with E-state index in [1.165, 1.54) is 0 Å². The van der Waals surface area contributed by atoms with Crippen LogP contribution in [0.5, 0.6) is 0 Å². The molecule has 3 N–H and O–H groups in total. The highest BCUT2D eigenvalue weighted by Gasteiger charge is 2.28. The third kappa shape index (κ3) is 6.58. The highest BCUT2D eigenvalue weighted by Crippen LogP contribution is 2.08. The van der Waals surface area contributed by atoms with Gasteiger partial charge in [-0.05, 0) is 33.3 Å². The number of ether oxygens (including phenoxy) is 2. The Morgan fingerprint density at radius 1 is 1.23 bits per heavy atom. The van der Waals surface area contributed by atoms with E-state index in [4.69, 9.17) is 15.2 Å². The number of benzene rings is 1. The molecule has 0 unspecified atom stereocenters. The molecule has 0 bridgehead atoms. The molecule has 122 valence electrons. The smallest absolute Gasteiger partial charge is 0.408 e. The summed E-state index contributed by atoms with van der Waals surface area (Å²) in [5, 5.41) is 2.45. The van der Waals surface area contributed by atoms with Crippen LogP contribution in [0.1, 0.15) is 33.3 Å². The van der Waals surface area contributed by atoms with E-state index in [2.05, 4.69) is 5.32 Å². The van der Waals surface area contributed by atoms with E-state index in [1.807, 2.05) is 30.3 Å². The van der Waals surface area contributed by atoms with Gasteiger partial charge >= 0.3 is 12.1 Å². The summed E-state index contributed by atoms with van der Waals surface area (Å²) in [6.07, 6.45) is -0.702. The van der Waals surface area contributed by atoms with E-state index in [0.717, 1.165) is 5.56 Å². The lowest BCUT2D eigenvalue weighted by Gasteiger charge is -2.24. The largest absolute Gasteiger partial charge is 0.459 e. The number of esters is 1. The molecule has 0 aliphatic heterocycles. The quantitative estimate of drug-likeness (QED) is 0.812. The predicted octanol–water partition coefficient (Wildman–Crippen LogP) is 1.97. The molecule has 0 aliphatic carbocycles. The van der Waals surface area contributed by atoms with Crippen LogP contribution < -0.4 is 11.1 Å². The highest BCUT2D eigenvalue weighted by atomic mass is 16.6. The summed E-state index contributed by atoms with van der Waals surface area (Å²) in [5.41, 5.74) is 5.95. The topological polar surface area (TPSA) is 90.6 Å². The van der Waals surface area contributed by atoms with Gasteiger partial charge in [-0.3, -0.25) is 0 Å². The Labute approximate surface area is 131 Å². The number of carbonyl (C=O) groups excluding carboxylic acids is 2. The molecule has 0 saturated heterocycles. The first-order chi connectivity index (χ1) is 10.2. The second-order valence-corrected chi connectivity index (χ2v) is 6.08. The third-order valence-corrected chi connectivity index (χ3v) is 2.68. The number of amides is 1. The normalized spacial score (nSPS) is 13.9. The molecule has 0 fully saturated rings. The van der Waals surface area contributed by atoms with E-state index < -0.39 is 29.7 Å². The predicted molar refractivity (Wildman–Crippen MR) is 83.0 cm³/mol. The molecule has 2 atom stereocenters. The average Bonchev–Trinajstić information content (AvgIpc) is 2.41. The molecular formula is C16H24N2O4. The van der Waals surface area contributed by atoms with Crippen LogP contribution in [-0.4, -0.2) is 29.7 Å². The standard InChI is InChI=1S/C16H24N2O4/c1-11(17)13(18-15(20)22-16(2,3)4)14(19)21-10-12-8-6-5-7-9-12/h5-9,11,13H,10,17H2,1-4H3,(H,18,20)/t11-,13+/m1/s1. The third-order valence-electron chi connectivity index (χ3n) is 2.68. The SMILES string of the molecule is C[C@@H](N)[C@H](NC(=O)OC(C)(C)C)C(=O)OCc1ccccc1. The van der Waals surface area contributed by atoms with Crippen LogP contribution in [0.25, 0.3) is 0 Å². The molecule has 0 spiro atoms. The number of rotatable bonds is 5. The second-order valence-electron chi connectivity index (χ2n) is 6.08. The van der Waals surface area contributed by atoms with Gasteiger partial charge in [0.2, 0.25) is 0 Å². The molecule has 6 heteroatoms. The Bertz CT molecular complexity index is 495. The van der Waals surface area contributed by atoms with Gasteiger partial charge in [0.25, 0.3) is 0 Å². The minimum absolute atomic E-state index is 0.124. The Hall–Kier alpha value is -2.08. The number of nitrogens with one attached hydrogen (secondary N) is 1. The summed E-state index contributed by atoms with van der Waals surface area (Å²) in [6, 6.07) is 7.70. The lowest BCUT2D eigenvalue weighted by molar-refractivity contribution is -0.148. The molecule has 0 aliphatic rings. The Morgan fingerprint density at radius 2 is 1.82 bits per heavy atom. The van der Waals surface area contributed by atoms with Crippen LogP contribution in [0.3, 0.4) is 0 Å². The van der Waals surface area contributed by atoms with Crippen molar-refractivity contribution >= 4 is 12.1 Å². The summed E-state index contributed by atoms with van der Waals surface area (Å²) in [5.74, 6) is -0.593. The monoisotopic (exact) mass is 308 g/mol. The zero-order chi connectivity index (χ0) is 16.8. The summed E-state index contributed by atoms with van der Waals surface area (Å²) in [7, 11) is 0. The lowest BCUT2D eigenvalue weighted by atomic mass is 10.1. The highest BCUT2D eigenvalue weighted by molar-refractivity contribution is 5.82. The first kappa shape index (κ1) is 18.0. The van der Waals surface area contributed by atoms with Crippen molar-refractivity contribution in [1.82, 2.24) is 5.32 Å². The molecule has 0 radical (unpaired) electrons. The van der Waals surface area contributed by atoms with Crippen molar-refractivity contribution in [2.45, 2.75) is 52.0 Å². The van der Waals surface area contributed by atoms with Gasteiger partial charge in [0.1, 0.15) is 18.2 Å². The average molecular weight is 308 g/mol. The van der Waals surface area contributed by atoms with Crippen molar-refractivity contribution in [3.05, 3.63) is 35.9 Å². The van der Waals surface area contributed by atoms with E-state index in [-0.39, 0.29) is 6.61 Å². The number of hydrogen-bond donors (Lipinski definition) is 2. The first-order valence-electron chi connectivity index (χ1n) is 7.14.